The third-order valence-electron chi connectivity index (χ3n) is 6.26. The summed E-state index contributed by atoms with van der Waals surface area (Å²) in [6.45, 7) is 7.79. The Morgan fingerprint density at radius 2 is 2.03 bits per heavy atom. The maximum absolute atomic E-state index is 10.9. The second-order valence-corrected chi connectivity index (χ2v) is 12.6. The Hall–Kier alpha value is -1.13. The van der Waals surface area contributed by atoms with Crippen molar-refractivity contribution in [2.75, 3.05) is 5.73 Å². The molecule has 4 heterocycles. The van der Waals surface area contributed by atoms with Gasteiger partial charge in [-0.15, -0.1) is 0 Å². The number of imidazole rings is 1. The van der Waals surface area contributed by atoms with E-state index in [-0.39, 0.29) is 22.4 Å². The number of hydrogen-bond donors (Lipinski definition) is 4. The van der Waals surface area contributed by atoms with Crippen LogP contribution in [0, 0.1) is 0 Å². The Bertz CT molecular complexity index is 960. The van der Waals surface area contributed by atoms with Crippen molar-refractivity contribution >= 4 is 36.4 Å². The van der Waals surface area contributed by atoms with Crippen LogP contribution in [0.4, 0.5) is 5.95 Å². The molecule has 2 saturated heterocycles. The molecule has 5 N–H and O–H groups in total. The van der Waals surface area contributed by atoms with E-state index in [4.69, 9.17) is 26.6 Å². The Morgan fingerprint density at radius 3 is 2.67 bits per heavy atom. The summed E-state index contributed by atoms with van der Waals surface area (Å²) in [7, 11) is -2.77. The van der Waals surface area contributed by atoms with E-state index in [9.17, 15) is 15.1 Å². The normalized spacial score (nSPS) is 34.4. The van der Waals surface area contributed by atoms with Gasteiger partial charge < -0.3 is 0 Å². The molecule has 0 aromatic carbocycles. The van der Waals surface area contributed by atoms with Crippen molar-refractivity contribution in [1.29, 1.82) is 0 Å². The van der Waals surface area contributed by atoms with Crippen LogP contribution in [0.15, 0.2) is 6.33 Å². The second-order valence-electron chi connectivity index (χ2n) is 8.86. The Balaban J connectivity index is 1.53. The Morgan fingerprint density at radius 1 is 1.33 bits per heavy atom. The van der Waals surface area contributed by atoms with E-state index in [1.165, 1.54) is 10.9 Å². The van der Waals surface area contributed by atoms with Crippen molar-refractivity contribution in [3.63, 3.8) is 0 Å². The van der Waals surface area contributed by atoms with E-state index >= 15 is 0 Å². The Kier molecular flexibility index (Phi) is 5.50. The number of ether oxygens (including phenoxy) is 1. The summed E-state index contributed by atoms with van der Waals surface area (Å²) < 4.78 is 13.7. The van der Waals surface area contributed by atoms with Gasteiger partial charge in [0, 0.05) is 0 Å². The van der Waals surface area contributed by atoms with Crippen LogP contribution in [0.5, 0.6) is 0 Å². The molecule has 168 valence electrons. The van der Waals surface area contributed by atoms with Gasteiger partial charge in [-0.25, -0.2) is 0 Å². The van der Waals surface area contributed by atoms with Gasteiger partial charge in [0.1, 0.15) is 0 Å². The fourth-order valence-corrected chi connectivity index (χ4v) is 8.56. The topological polar surface area (TPSA) is 149 Å². The average Bonchev–Trinajstić information content (AvgIpc) is 2.94. The summed E-state index contributed by atoms with van der Waals surface area (Å²) in [6.07, 6.45) is -1.42. The molecule has 6 atom stereocenters. The minimum atomic E-state index is -2.77. The number of nitrogens with two attached hydrogens (primary N) is 1. The molecular weight excluding hydrogens is 433 g/mol. The number of halogens is 1. The molecule has 0 radical (unpaired) electrons. The first-order chi connectivity index (χ1) is 14.0. The molecule has 2 aliphatic rings. The van der Waals surface area contributed by atoms with Gasteiger partial charge in [0.25, 0.3) is 0 Å². The van der Waals surface area contributed by atoms with E-state index in [0.29, 0.717) is 17.6 Å². The van der Waals surface area contributed by atoms with Gasteiger partial charge in [0.05, 0.1) is 0 Å². The van der Waals surface area contributed by atoms with Crippen molar-refractivity contribution in [2.45, 2.75) is 82.0 Å². The van der Waals surface area contributed by atoms with Crippen LogP contribution < -0.4 is 5.73 Å². The van der Waals surface area contributed by atoms with Gasteiger partial charge in [-0.05, 0) is 0 Å². The molecular formula is C18H29ClN5O5P. The van der Waals surface area contributed by atoms with Crippen LogP contribution in [0.2, 0.25) is 5.15 Å². The molecule has 30 heavy (non-hydrogen) atoms. The fourth-order valence-electron chi connectivity index (χ4n) is 4.59. The van der Waals surface area contributed by atoms with Crippen LogP contribution in [0.1, 0.15) is 46.8 Å². The first kappa shape index (κ1) is 22.1. The molecule has 0 saturated carbocycles. The van der Waals surface area contributed by atoms with Gasteiger partial charge in [-0.1, -0.05) is 0 Å². The van der Waals surface area contributed by atoms with Crippen molar-refractivity contribution in [2.24, 2.45) is 0 Å². The summed E-state index contributed by atoms with van der Waals surface area (Å²) in [5.74, 6) is -0.0318. The molecule has 2 aliphatic heterocycles. The maximum atomic E-state index is 10.9. The number of nitrogen functional groups attached to an aromatic ring is 1. The van der Waals surface area contributed by atoms with Crippen molar-refractivity contribution in [3.05, 3.63) is 11.5 Å². The first-order valence-electron chi connectivity index (χ1n) is 10.1. The van der Waals surface area contributed by atoms with E-state index in [1.54, 1.807) is 0 Å². The van der Waals surface area contributed by atoms with Crippen LogP contribution in [0.25, 0.3) is 11.2 Å². The van der Waals surface area contributed by atoms with E-state index in [1.807, 2.05) is 27.7 Å². The predicted molar refractivity (Wildman–Crippen MR) is 115 cm³/mol. The average molecular weight is 462 g/mol. The van der Waals surface area contributed by atoms with E-state index in [0.717, 1.165) is 6.42 Å². The molecule has 0 aliphatic carbocycles. The first-order valence-corrected chi connectivity index (χ1v) is 12.5. The number of rotatable bonds is 6. The molecule has 0 spiro atoms. The SMILES string of the molecule is CCC1C(C)[PH]1(O)OC(C)(C)C[C@H]1OC(n2cnc3c(Cl)nc(N)nc32)[C@H](O)[C@@H]1O. The Labute approximate surface area is 179 Å². The second kappa shape index (κ2) is 7.48. The van der Waals surface area contributed by atoms with Gasteiger partial charge in [0.2, 0.25) is 0 Å². The molecule has 10 nitrogen and oxygen atoms in total. The third kappa shape index (κ3) is 3.58. The zero-order valence-electron chi connectivity index (χ0n) is 17.4. The van der Waals surface area contributed by atoms with Crippen molar-refractivity contribution in [3.8, 4) is 0 Å². The van der Waals surface area contributed by atoms with Crippen LogP contribution in [-0.4, -0.2) is 69.9 Å². The number of fused-ring (bicyclic) bond motifs is 1. The molecule has 0 bridgehead atoms. The summed E-state index contributed by atoms with van der Waals surface area (Å²) in [5.41, 5.74) is 5.99. The minimum absolute atomic E-state index is 0.0318. The summed E-state index contributed by atoms with van der Waals surface area (Å²) in [6, 6.07) is 0. The van der Waals surface area contributed by atoms with Gasteiger partial charge in [-0.3, -0.25) is 0 Å². The fraction of sp³-hybridized carbons (Fsp3) is 0.722. The monoisotopic (exact) mass is 461 g/mol. The standard InChI is InChI=1S/C18H29ClN5O5P/c1-5-10-8(2)30(10,27)29-18(3,4)6-9-12(25)13(26)16(28-9)24-7-21-11-14(19)22-17(20)23-15(11)24/h7-10,12-13,16,25-27,30H,5-6H2,1-4H3,(H2,20,22,23)/t8?,9-,10?,12-,13-,16?/m1/s1. The number of aromatic nitrogens is 4. The number of anilines is 1. The number of nitrogens with zero attached hydrogens (tertiary/aromatic N) is 4. The molecule has 3 unspecified atom stereocenters. The molecule has 4 rings (SSSR count). The quantitative estimate of drug-likeness (QED) is 0.371. The van der Waals surface area contributed by atoms with Gasteiger partial charge in [-0.2, -0.15) is 0 Å². The van der Waals surface area contributed by atoms with E-state index in [2.05, 4.69) is 15.0 Å². The molecule has 2 aromatic rings. The van der Waals surface area contributed by atoms with Gasteiger partial charge >= 0.3 is 180 Å². The number of hydrogen-bond acceptors (Lipinski definition) is 9. The molecule has 12 heteroatoms. The van der Waals surface area contributed by atoms with Crippen LogP contribution in [-0.2, 0) is 9.26 Å². The van der Waals surface area contributed by atoms with Crippen LogP contribution in [0.3, 0.4) is 0 Å². The summed E-state index contributed by atoms with van der Waals surface area (Å²) >= 11 is 6.07. The molecule has 2 aromatic heterocycles. The van der Waals surface area contributed by atoms with E-state index < -0.39 is 37.9 Å². The summed E-state index contributed by atoms with van der Waals surface area (Å²) in [4.78, 5) is 23.0. The third-order valence-corrected chi connectivity index (χ3v) is 10.7. The predicted octanol–water partition coefficient (Wildman–Crippen LogP) is 1.62. The molecule has 2 fully saturated rings. The summed E-state index contributed by atoms with van der Waals surface area (Å²) in [5, 5.41) is 21.4. The van der Waals surface area contributed by atoms with Crippen molar-refractivity contribution in [1.82, 2.24) is 19.5 Å². The van der Waals surface area contributed by atoms with Crippen molar-refractivity contribution < 1.29 is 24.4 Å². The number of aliphatic hydroxyl groups excluding tert-OH is 2. The zero-order chi connectivity index (χ0) is 22.0. The zero-order valence-corrected chi connectivity index (χ0v) is 19.1. The van der Waals surface area contributed by atoms with Gasteiger partial charge in [0.15, 0.2) is 0 Å². The van der Waals surface area contributed by atoms with Crippen LogP contribution >= 0.6 is 19.3 Å². The number of aliphatic hydroxyl groups is 2. The molecule has 0 amide bonds.